The van der Waals surface area contributed by atoms with Gasteiger partial charge in [-0.2, -0.15) is 0 Å². The van der Waals surface area contributed by atoms with Crippen LogP contribution in [0.5, 0.6) is 11.5 Å². The van der Waals surface area contributed by atoms with E-state index in [-0.39, 0.29) is 0 Å². The lowest BCUT2D eigenvalue weighted by Gasteiger charge is -2.18. The van der Waals surface area contributed by atoms with Crippen molar-refractivity contribution in [2.45, 2.75) is 40.3 Å². The molecule has 0 atom stereocenters. The van der Waals surface area contributed by atoms with Crippen LogP contribution in [0.15, 0.2) is 46.9 Å². The second-order valence-electron chi connectivity index (χ2n) is 6.65. The van der Waals surface area contributed by atoms with Crippen LogP contribution in [0.3, 0.4) is 0 Å². The van der Waals surface area contributed by atoms with Crippen molar-refractivity contribution in [2.75, 3.05) is 32.8 Å². The van der Waals surface area contributed by atoms with Gasteiger partial charge in [0.05, 0.1) is 6.61 Å². The minimum absolute atomic E-state index is 0.524. The van der Waals surface area contributed by atoms with Crippen LogP contribution in [0.4, 0.5) is 0 Å². The monoisotopic (exact) mass is 448 g/mol. The molecule has 0 spiro atoms. The van der Waals surface area contributed by atoms with E-state index in [1.165, 1.54) is 5.56 Å². The van der Waals surface area contributed by atoms with Gasteiger partial charge >= 0.3 is 0 Å². The third-order valence-corrected chi connectivity index (χ3v) is 5.43. The lowest BCUT2D eigenvalue weighted by Crippen LogP contribution is -2.27. The molecule has 0 aliphatic rings. The first-order chi connectivity index (χ1) is 13.7. The molecule has 0 aliphatic heterocycles. The molecule has 0 radical (unpaired) electrons. The van der Waals surface area contributed by atoms with Crippen molar-refractivity contribution in [3.8, 4) is 11.5 Å². The predicted molar refractivity (Wildman–Crippen MR) is 120 cm³/mol. The van der Waals surface area contributed by atoms with E-state index >= 15 is 0 Å². The van der Waals surface area contributed by atoms with Crippen LogP contribution < -0.4 is 14.8 Å². The van der Waals surface area contributed by atoms with E-state index in [4.69, 9.17) is 9.47 Å². The third kappa shape index (κ3) is 7.46. The van der Waals surface area contributed by atoms with Gasteiger partial charge < -0.3 is 19.7 Å². The highest BCUT2D eigenvalue weighted by atomic mass is 79.9. The average Bonchev–Trinajstić information content (AvgIpc) is 2.72. The maximum absolute atomic E-state index is 6.02. The van der Waals surface area contributed by atoms with Crippen LogP contribution in [-0.2, 0) is 13.2 Å². The van der Waals surface area contributed by atoms with E-state index in [9.17, 15) is 0 Å². The molecule has 28 heavy (non-hydrogen) atoms. The second kappa shape index (κ2) is 12.8. The van der Waals surface area contributed by atoms with Gasteiger partial charge in [0.15, 0.2) is 11.5 Å². The molecule has 0 fully saturated rings. The van der Waals surface area contributed by atoms with Crippen LogP contribution in [0, 0.1) is 0 Å². The third-order valence-electron chi connectivity index (χ3n) is 4.69. The lowest BCUT2D eigenvalue weighted by atomic mass is 10.2. The van der Waals surface area contributed by atoms with Crippen LogP contribution in [0.2, 0.25) is 0 Å². The fraction of sp³-hybridized carbons (Fsp3) is 0.478. The van der Waals surface area contributed by atoms with Gasteiger partial charge in [-0.25, -0.2) is 0 Å². The largest absolute Gasteiger partial charge is 0.490 e. The lowest BCUT2D eigenvalue weighted by molar-refractivity contribution is 0.269. The van der Waals surface area contributed by atoms with E-state index in [1.807, 2.05) is 31.2 Å². The summed E-state index contributed by atoms with van der Waals surface area (Å²) in [6.45, 7) is 12.7. The van der Waals surface area contributed by atoms with E-state index in [2.05, 4.69) is 58.2 Å². The molecule has 154 valence electrons. The Kier molecular flexibility index (Phi) is 10.4. The standard InChI is InChI=1S/C23H33BrN2O2/c1-4-26(5-2)14-10-13-25-17-20-15-22(27-6-3)23(16-21(20)24)28-18-19-11-8-7-9-12-19/h7-9,11-12,15-16,25H,4-6,10,13-14,17-18H2,1-3H3. The molecule has 4 nitrogen and oxygen atoms in total. The molecule has 2 aromatic carbocycles. The van der Waals surface area contributed by atoms with Gasteiger partial charge in [-0.3, -0.25) is 0 Å². The second-order valence-corrected chi connectivity index (χ2v) is 7.51. The van der Waals surface area contributed by atoms with Gasteiger partial charge in [0.2, 0.25) is 0 Å². The molecule has 2 aromatic rings. The summed E-state index contributed by atoms with van der Waals surface area (Å²) in [5.74, 6) is 1.56. The Hall–Kier alpha value is -1.56. The number of ether oxygens (including phenoxy) is 2. The van der Waals surface area contributed by atoms with Gasteiger partial charge in [0.25, 0.3) is 0 Å². The van der Waals surface area contributed by atoms with Gasteiger partial charge in [-0.15, -0.1) is 0 Å². The number of nitrogens with zero attached hydrogens (tertiary/aromatic N) is 1. The SMILES string of the molecule is CCOc1cc(CNCCCN(CC)CC)c(Br)cc1OCc1ccccc1. The summed E-state index contributed by atoms with van der Waals surface area (Å²) >= 11 is 3.69. The van der Waals surface area contributed by atoms with Crippen LogP contribution in [-0.4, -0.2) is 37.7 Å². The molecule has 0 saturated heterocycles. The quantitative estimate of drug-likeness (QED) is 0.424. The molecule has 0 saturated carbocycles. The Morgan fingerprint density at radius 2 is 1.68 bits per heavy atom. The van der Waals surface area contributed by atoms with Gasteiger partial charge in [-0.1, -0.05) is 60.1 Å². The smallest absolute Gasteiger partial charge is 0.162 e. The summed E-state index contributed by atoms with van der Waals surface area (Å²) in [7, 11) is 0. The van der Waals surface area contributed by atoms with Gasteiger partial charge in [-0.05, 0) is 62.8 Å². The van der Waals surface area contributed by atoms with Gasteiger partial charge in [0.1, 0.15) is 6.61 Å². The Morgan fingerprint density at radius 3 is 2.36 bits per heavy atom. The molecule has 1 N–H and O–H groups in total. The molecule has 0 aliphatic carbocycles. The zero-order chi connectivity index (χ0) is 20.2. The number of halogens is 1. The van der Waals surface area contributed by atoms with Crippen molar-refractivity contribution in [3.05, 3.63) is 58.1 Å². The average molecular weight is 449 g/mol. The first-order valence-electron chi connectivity index (χ1n) is 10.2. The Balaban J connectivity index is 1.93. The molecule has 0 heterocycles. The normalized spacial score (nSPS) is 11.0. The first kappa shape index (κ1) is 22.7. The summed E-state index contributed by atoms with van der Waals surface area (Å²) < 4.78 is 12.9. The molecular weight excluding hydrogens is 416 g/mol. The van der Waals surface area contributed by atoms with E-state index < -0.39 is 0 Å². The predicted octanol–water partition coefficient (Wildman–Crippen LogP) is 5.25. The Morgan fingerprint density at radius 1 is 0.964 bits per heavy atom. The summed E-state index contributed by atoms with van der Waals surface area (Å²) in [5, 5.41) is 3.54. The fourth-order valence-electron chi connectivity index (χ4n) is 3.02. The van der Waals surface area contributed by atoms with Crippen molar-refractivity contribution >= 4 is 15.9 Å². The molecule has 0 unspecified atom stereocenters. The van der Waals surface area contributed by atoms with Crippen molar-refractivity contribution in [1.29, 1.82) is 0 Å². The molecular formula is C23H33BrN2O2. The van der Waals surface area contributed by atoms with Crippen LogP contribution in [0.1, 0.15) is 38.3 Å². The van der Waals surface area contributed by atoms with Crippen LogP contribution in [0.25, 0.3) is 0 Å². The summed E-state index contributed by atoms with van der Waals surface area (Å²) in [6.07, 6.45) is 1.15. The maximum Gasteiger partial charge on any atom is 0.162 e. The van der Waals surface area contributed by atoms with Gasteiger partial charge in [0, 0.05) is 11.0 Å². The molecule has 0 aromatic heterocycles. The molecule has 0 bridgehead atoms. The Labute approximate surface area is 178 Å². The number of hydrogen-bond donors (Lipinski definition) is 1. The van der Waals surface area contributed by atoms with Crippen molar-refractivity contribution in [1.82, 2.24) is 10.2 Å². The number of rotatable bonds is 13. The van der Waals surface area contributed by atoms with E-state index in [0.717, 1.165) is 60.7 Å². The van der Waals surface area contributed by atoms with E-state index in [0.29, 0.717) is 13.2 Å². The highest BCUT2D eigenvalue weighted by Crippen LogP contribution is 2.34. The summed E-state index contributed by atoms with van der Waals surface area (Å²) in [5.41, 5.74) is 2.32. The zero-order valence-corrected chi connectivity index (χ0v) is 18.9. The summed E-state index contributed by atoms with van der Waals surface area (Å²) in [4.78, 5) is 2.45. The number of nitrogens with one attached hydrogen (secondary N) is 1. The molecule has 5 heteroatoms. The Bertz CT molecular complexity index is 691. The zero-order valence-electron chi connectivity index (χ0n) is 17.3. The minimum atomic E-state index is 0.524. The molecule has 2 rings (SSSR count). The maximum atomic E-state index is 6.02. The number of hydrogen-bond acceptors (Lipinski definition) is 4. The molecule has 0 amide bonds. The minimum Gasteiger partial charge on any atom is -0.490 e. The summed E-state index contributed by atoms with van der Waals surface area (Å²) in [6, 6.07) is 14.3. The van der Waals surface area contributed by atoms with Crippen molar-refractivity contribution in [2.24, 2.45) is 0 Å². The topological polar surface area (TPSA) is 33.7 Å². The van der Waals surface area contributed by atoms with E-state index in [1.54, 1.807) is 0 Å². The van der Waals surface area contributed by atoms with Crippen LogP contribution >= 0.6 is 15.9 Å². The van der Waals surface area contributed by atoms with Crippen molar-refractivity contribution in [3.63, 3.8) is 0 Å². The van der Waals surface area contributed by atoms with Crippen molar-refractivity contribution < 1.29 is 9.47 Å². The fourth-order valence-corrected chi connectivity index (χ4v) is 3.48. The highest BCUT2D eigenvalue weighted by molar-refractivity contribution is 9.10. The first-order valence-corrected chi connectivity index (χ1v) is 11.0. The highest BCUT2D eigenvalue weighted by Gasteiger charge is 2.11. The number of benzene rings is 2.